The lowest BCUT2D eigenvalue weighted by Gasteiger charge is -2.01. The second-order valence-electron chi connectivity index (χ2n) is 4.62. The summed E-state index contributed by atoms with van der Waals surface area (Å²) >= 11 is 1.51. The van der Waals surface area contributed by atoms with Crippen LogP contribution in [-0.2, 0) is 20.7 Å². The summed E-state index contributed by atoms with van der Waals surface area (Å²) in [4.78, 5) is 27.6. The van der Waals surface area contributed by atoms with Gasteiger partial charge in [-0.15, -0.1) is 11.3 Å². The van der Waals surface area contributed by atoms with Gasteiger partial charge in [0.25, 0.3) is 0 Å². The Bertz CT molecular complexity index is 773. The lowest BCUT2D eigenvalue weighted by Crippen LogP contribution is -2.06. The molecule has 1 aromatic heterocycles. The molecule has 1 aromatic carbocycles. The van der Waals surface area contributed by atoms with Gasteiger partial charge in [0.05, 0.1) is 6.42 Å². The number of hydrogen-bond acceptors (Lipinski definition) is 5. The van der Waals surface area contributed by atoms with Crippen LogP contribution in [0.5, 0.6) is 0 Å². The minimum Gasteiger partial charge on any atom is -0.481 e. The Hall–Kier alpha value is -2.73. The quantitative estimate of drug-likeness (QED) is 0.695. The predicted molar refractivity (Wildman–Crippen MR) is 82.7 cm³/mol. The highest BCUT2D eigenvalue weighted by Gasteiger charge is 2.24. The van der Waals surface area contributed by atoms with Crippen molar-refractivity contribution < 1.29 is 19.4 Å². The molecule has 6 heteroatoms. The van der Waals surface area contributed by atoms with Crippen LogP contribution in [-0.4, -0.2) is 22.9 Å². The van der Waals surface area contributed by atoms with Crippen LogP contribution < -0.4 is 0 Å². The van der Waals surface area contributed by atoms with Crippen LogP contribution in [0.2, 0.25) is 0 Å². The molecule has 0 saturated heterocycles. The predicted octanol–water partition coefficient (Wildman–Crippen LogP) is 2.72. The molecule has 0 radical (unpaired) electrons. The van der Waals surface area contributed by atoms with Gasteiger partial charge in [-0.25, -0.2) is 9.79 Å². The maximum absolute atomic E-state index is 11.8. The molecule has 1 aliphatic heterocycles. The first-order valence-electron chi connectivity index (χ1n) is 6.49. The van der Waals surface area contributed by atoms with E-state index >= 15 is 0 Å². The van der Waals surface area contributed by atoms with Gasteiger partial charge in [-0.2, -0.15) is 0 Å². The Kier molecular flexibility index (Phi) is 3.84. The number of aliphatic imine (C=N–C) groups is 1. The van der Waals surface area contributed by atoms with Gasteiger partial charge in [0.2, 0.25) is 5.90 Å². The van der Waals surface area contributed by atoms with Crippen molar-refractivity contribution >= 4 is 35.2 Å². The molecule has 2 heterocycles. The molecule has 0 amide bonds. The van der Waals surface area contributed by atoms with Gasteiger partial charge < -0.3 is 9.84 Å². The fourth-order valence-electron chi connectivity index (χ4n) is 1.98. The van der Waals surface area contributed by atoms with E-state index in [9.17, 15) is 9.59 Å². The third kappa shape index (κ3) is 3.12. The summed E-state index contributed by atoms with van der Waals surface area (Å²) in [5, 5.41) is 10.7. The highest BCUT2D eigenvalue weighted by Crippen LogP contribution is 2.21. The maximum Gasteiger partial charge on any atom is 0.363 e. The van der Waals surface area contributed by atoms with Crippen molar-refractivity contribution in [3.05, 3.63) is 63.5 Å². The van der Waals surface area contributed by atoms with Crippen molar-refractivity contribution in [3.63, 3.8) is 0 Å². The number of rotatable bonds is 4. The van der Waals surface area contributed by atoms with E-state index < -0.39 is 11.9 Å². The average molecular weight is 313 g/mol. The number of carbonyl (C=O) groups is 2. The second-order valence-corrected chi connectivity index (χ2v) is 5.60. The number of ether oxygens (including phenoxy) is 1. The molecule has 0 spiro atoms. The Morgan fingerprint density at radius 1 is 1.27 bits per heavy atom. The van der Waals surface area contributed by atoms with E-state index in [0.29, 0.717) is 11.1 Å². The summed E-state index contributed by atoms with van der Waals surface area (Å²) < 4.78 is 5.16. The molecule has 5 nitrogen and oxygen atoms in total. The minimum absolute atomic E-state index is 0.0456. The molecule has 2 aromatic rings. The van der Waals surface area contributed by atoms with Gasteiger partial charge in [0.15, 0.2) is 5.70 Å². The number of esters is 1. The monoisotopic (exact) mass is 313 g/mol. The van der Waals surface area contributed by atoms with E-state index in [1.54, 1.807) is 30.3 Å². The molecule has 0 unspecified atom stereocenters. The highest BCUT2D eigenvalue weighted by atomic mass is 32.1. The Morgan fingerprint density at radius 3 is 2.68 bits per heavy atom. The molecule has 0 saturated carbocycles. The molecular formula is C16H11NO4S. The number of cyclic esters (lactones) is 1. The Morgan fingerprint density at radius 2 is 2.05 bits per heavy atom. The van der Waals surface area contributed by atoms with E-state index in [2.05, 4.69) is 4.99 Å². The SMILES string of the molecule is O=C(O)Cc1ccc(C2=N/C(=C/c3cccs3)C(=O)O2)cc1. The maximum atomic E-state index is 11.8. The summed E-state index contributed by atoms with van der Waals surface area (Å²) in [5.74, 6) is -1.15. The number of nitrogens with zero attached hydrogens (tertiary/aromatic N) is 1. The third-order valence-electron chi connectivity index (χ3n) is 3.00. The number of thiophene rings is 1. The molecule has 3 rings (SSSR count). The number of carboxylic acid groups (broad SMARTS) is 1. The van der Waals surface area contributed by atoms with Gasteiger partial charge >= 0.3 is 11.9 Å². The summed E-state index contributed by atoms with van der Waals surface area (Å²) in [5.41, 5.74) is 1.57. The van der Waals surface area contributed by atoms with Gasteiger partial charge in [0.1, 0.15) is 0 Å². The Balaban J connectivity index is 1.83. The third-order valence-corrected chi connectivity index (χ3v) is 3.82. The van der Waals surface area contributed by atoms with Gasteiger partial charge in [-0.1, -0.05) is 18.2 Å². The summed E-state index contributed by atoms with van der Waals surface area (Å²) in [6, 6.07) is 10.5. The first kappa shape index (κ1) is 14.2. The molecule has 1 aliphatic rings. The molecule has 0 fully saturated rings. The first-order chi connectivity index (χ1) is 10.6. The fourth-order valence-corrected chi connectivity index (χ4v) is 2.63. The fraction of sp³-hybridized carbons (Fsp3) is 0.0625. The van der Waals surface area contributed by atoms with Crippen LogP contribution in [0.25, 0.3) is 6.08 Å². The van der Waals surface area contributed by atoms with E-state index in [1.807, 2.05) is 17.5 Å². The molecule has 0 bridgehead atoms. The van der Waals surface area contributed by atoms with Crippen LogP contribution in [0.1, 0.15) is 16.0 Å². The number of aliphatic carboxylic acids is 1. The lowest BCUT2D eigenvalue weighted by atomic mass is 10.1. The second kappa shape index (κ2) is 5.95. The number of carbonyl (C=O) groups excluding carboxylic acids is 1. The van der Waals surface area contributed by atoms with Crippen molar-refractivity contribution in [1.29, 1.82) is 0 Å². The lowest BCUT2D eigenvalue weighted by molar-refractivity contribution is -0.136. The van der Waals surface area contributed by atoms with E-state index in [4.69, 9.17) is 9.84 Å². The number of hydrogen-bond donors (Lipinski definition) is 1. The zero-order valence-electron chi connectivity index (χ0n) is 11.4. The normalized spacial score (nSPS) is 15.7. The van der Waals surface area contributed by atoms with Crippen molar-refractivity contribution in [2.75, 3.05) is 0 Å². The van der Waals surface area contributed by atoms with Crippen molar-refractivity contribution in [1.82, 2.24) is 0 Å². The number of carboxylic acids is 1. The van der Waals surface area contributed by atoms with E-state index in [1.165, 1.54) is 11.3 Å². The van der Waals surface area contributed by atoms with Crippen molar-refractivity contribution in [2.24, 2.45) is 4.99 Å². The van der Waals surface area contributed by atoms with Crippen LogP contribution in [0.4, 0.5) is 0 Å². The highest BCUT2D eigenvalue weighted by molar-refractivity contribution is 7.10. The zero-order chi connectivity index (χ0) is 15.5. The van der Waals surface area contributed by atoms with Gasteiger partial charge in [-0.3, -0.25) is 4.79 Å². The first-order valence-corrected chi connectivity index (χ1v) is 7.37. The topological polar surface area (TPSA) is 76.0 Å². The average Bonchev–Trinajstić information content (AvgIpc) is 3.10. The van der Waals surface area contributed by atoms with Crippen molar-refractivity contribution in [2.45, 2.75) is 6.42 Å². The van der Waals surface area contributed by atoms with Gasteiger partial charge in [-0.05, 0) is 35.2 Å². The van der Waals surface area contributed by atoms with Crippen LogP contribution in [0.3, 0.4) is 0 Å². The van der Waals surface area contributed by atoms with Gasteiger partial charge in [0, 0.05) is 10.4 Å². The number of benzene rings is 1. The minimum atomic E-state index is -0.890. The van der Waals surface area contributed by atoms with Crippen LogP contribution >= 0.6 is 11.3 Å². The smallest absolute Gasteiger partial charge is 0.363 e. The molecule has 110 valence electrons. The zero-order valence-corrected chi connectivity index (χ0v) is 12.2. The summed E-state index contributed by atoms with van der Waals surface area (Å²) in [7, 11) is 0. The summed E-state index contributed by atoms with van der Waals surface area (Å²) in [6.45, 7) is 0. The Labute approximate surface area is 130 Å². The molecule has 0 atom stereocenters. The largest absolute Gasteiger partial charge is 0.481 e. The van der Waals surface area contributed by atoms with Crippen LogP contribution in [0.15, 0.2) is 52.5 Å². The molecule has 1 N–H and O–H groups in total. The molecule has 0 aliphatic carbocycles. The van der Waals surface area contributed by atoms with E-state index in [0.717, 1.165) is 4.88 Å². The van der Waals surface area contributed by atoms with Crippen molar-refractivity contribution in [3.8, 4) is 0 Å². The standard InChI is InChI=1S/C16H11NO4S/c18-14(19)8-10-3-5-11(6-4-10)15-17-13(16(20)21-15)9-12-2-1-7-22-12/h1-7,9H,8H2,(H,18,19)/b13-9+. The van der Waals surface area contributed by atoms with Crippen LogP contribution in [0, 0.1) is 0 Å². The van der Waals surface area contributed by atoms with E-state index in [-0.39, 0.29) is 18.0 Å². The molecule has 22 heavy (non-hydrogen) atoms. The summed E-state index contributed by atoms with van der Waals surface area (Å²) in [6.07, 6.45) is 1.63. The molecular weight excluding hydrogens is 302 g/mol.